The van der Waals surface area contributed by atoms with E-state index >= 15 is 0 Å². The second-order valence-electron chi connectivity index (χ2n) is 6.40. The summed E-state index contributed by atoms with van der Waals surface area (Å²) < 4.78 is 0. The summed E-state index contributed by atoms with van der Waals surface area (Å²) >= 11 is 1.74. The highest BCUT2D eigenvalue weighted by atomic mass is 32.2. The van der Waals surface area contributed by atoms with Gasteiger partial charge in [0.15, 0.2) is 0 Å². The molecule has 0 aromatic heterocycles. The van der Waals surface area contributed by atoms with Crippen molar-refractivity contribution in [3.8, 4) is 0 Å². The molecule has 1 aromatic carbocycles. The maximum Gasteiger partial charge on any atom is 0.232 e. The Balaban J connectivity index is 1.85. The molecule has 1 fully saturated rings. The first-order valence-corrected chi connectivity index (χ1v) is 9.24. The number of hydrogen-bond acceptors (Lipinski definition) is 3. The topological polar surface area (TPSA) is 23.6 Å². The van der Waals surface area contributed by atoms with Crippen LogP contribution in [0.1, 0.15) is 32.3 Å². The maximum absolute atomic E-state index is 12.3. The molecular formula is C18H28N2OS. The van der Waals surface area contributed by atoms with E-state index in [1.54, 1.807) is 11.8 Å². The molecule has 3 nitrogen and oxygen atoms in total. The Morgan fingerprint density at radius 3 is 2.77 bits per heavy atom. The number of piperidine rings is 1. The molecule has 1 heterocycles. The zero-order chi connectivity index (χ0) is 15.9. The molecule has 1 aliphatic rings. The van der Waals surface area contributed by atoms with Crippen molar-refractivity contribution in [3.05, 3.63) is 35.9 Å². The van der Waals surface area contributed by atoms with Gasteiger partial charge in [0.1, 0.15) is 0 Å². The van der Waals surface area contributed by atoms with Gasteiger partial charge in [-0.2, -0.15) is 0 Å². The van der Waals surface area contributed by atoms with E-state index in [1.165, 1.54) is 12.0 Å². The summed E-state index contributed by atoms with van der Waals surface area (Å²) in [6.45, 7) is 7.04. The number of likely N-dealkylation sites (N-methyl/N-ethyl adjacent to an activating group) is 1. The number of carbonyl (C=O) groups is 1. The molecule has 0 radical (unpaired) electrons. The minimum atomic E-state index is 0.302. The Labute approximate surface area is 139 Å². The molecule has 1 saturated heterocycles. The van der Waals surface area contributed by atoms with Crippen LogP contribution in [0.25, 0.3) is 0 Å². The molecule has 4 heteroatoms. The molecule has 122 valence electrons. The third kappa shape index (κ3) is 5.33. The second-order valence-corrected chi connectivity index (χ2v) is 7.96. The fraction of sp³-hybridized carbons (Fsp3) is 0.611. The van der Waals surface area contributed by atoms with Crippen LogP contribution in [-0.4, -0.2) is 52.9 Å². The average molecular weight is 321 g/mol. The molecule has 22 heavy (non-hydrogen) atoms. The standard InChI is InChI=1S/C18H28N2OS/c1-15(2)22-14-18(21)20-11-7-10-17(13-20)19(3)12-16-8-5-4-6-9-16/h4-6,8-9,15,17H,7,10-14H2,1-3H3. The molecule has 0 aliphatic carbocycles. The van der Waals surface area contributed by atoms with E-state index in [-0.39, 0.29) is 0 Å². The number of rotatable bonds is 6. The van der Waals surface area contributed by atoms with Gasteiger partial charge >= 0.3 is 0 Å². The van der Waals surface area contributed by atoms with Crippen molar-refractivity contribution in [2.45, 2.75) is 44.5 Å². The number of hydrogen-bond donors (Lipinski definition) is 0. The molecule has 0 saturated carbocycles. The van der Waals surface area contributed by atoms with Crippen LogP contribution in [-0.2, 0) is 11.3 Å². The fourth-order valence-corrected chi connectivity index (χ4v) is 3.53. The van der Waals surface area contributed by atoms with Crippen LogP contribution >= 0.6 is 11.8 Å². The second kappa shape index (κ2) is 8.59. The normalized spacial score (nSPS) is 19.0. The molecule has 0 N–H and O–H groups in total. The quantitative estimate of drug-likeness (QED) is 0.804. The van der Waals surface area contributed by atoms with E-state index < -0.39 is 0 Å². The summed E-state index contributed by atoms with van der Waals surface area (Å²) in [5.74, 6) is 0.920. The van der Waals surface area contributed by atoms with Gasteiger partial charge in [0.25, 0.3) is 0 Å². The molecule has 1 atom stereocenters. The van der Waals surface area contributed by atoms with Gasteiger partial charge in [-0.15, -0.1) is 11.8 Å². The first-order valence-electron chi connectivity index (χ1n) is 8.20. The minimum absolute atomic E-state index is 0.302. The van der Waals surface area contributed by atoms with Crippen LogP contribution in [0.2, 0.25) is 0 Å². The van der Waals surface area contributed by atoms with E-state index in [9.17, 15) is 4.79 Å². The van der Waals surface area contributed by atoms with Crippen LogP contribution < -0.4 is 0 Å². The van der Waals surface area contributed by atoms with Crippen molar-refractivity contribution >= 4 is 17.7 Å². The van der Waals surface area contributed by atoms with Gasteiger partial charge in [0.05, 0.1) is 5.75 Å². The Kier molecular flexibility index (Phi) is 6.77. The van der Waals surface area contributed by atoms with Gasteiger partial charge in [-0.1, -0.05) is 44.2 Å². The summed E-state index contributed by atoms with van der Waals surface area (Å²) in [5, 5.41) is 0.519. The van der Waals surface area contributed by atoms with Crippen molar-refractivity contribution in [1.82, 2.24) is 9.80 Å². The fourth-order valence-electron chi connectivity index (χ4n) is 2.87. The summed E-state index contributed by atoms with van der Waals surface area (Å²) in [6.07, 6.45) is 2.30. The average Bonchev–Trinajstić information content (AvgIpc) is 2.53. The summed E-state index contributed by atoms with van der Waals surface area (Å²) in [7, 11) is 2.18. The van der Waals surface area contributed by atoms with Crippen molar-refractivity contribution in [3.63, 3.8) is 0 Å². The van der Waals surface area contributed by atoms with E-state index in [2.05, 4.69) is 61.0 Å². The third-order valence-corrected chi connectivity index (χ3v) is 5.27. The van der Waals surface area contributed by atoms with Crippen LogP contribution in [0.3, 0.4) is 0 Å². The Hall–Kier alpha value is -1.00. The van der Waals surface area contributed by atoms with Crippen molar-refractivity contribution in [2.24, 2.45) is 0 Å². The molecule has 1 unspecified atom stereocenters. The van der Waals surface area contributed by atoms with Crippen molar-refractivity contribution in [1.29, 1.82) is 0 Å². The lowest BCUT2D eigenvalue weighted by molar-refractivity contribution is -0.130. The minimum Gasteiger partial charge on any atom is -0.340 e. The number of carbonyl (C=O) groups excluding carboxylic acids is 1. The van der Waals surface area contributed by atoms with Crippen molar-refractivity contribution < 1.29 is 4.79 Å². The van der Waals surface area contributed by atoms with Gasteiger partial charge < -0.3 is 4.90 Å². The van der Waals surface area contributed by atoms with Gasteiger partial charge in [-0.25, -0.2) is 0 Å². The molecule has 1 aromatic rings. The molecule has 1 aliphatic heterocycles. The lowest BCUT2D eigenvalue weighted by atomic mass is 10.0. The first-order chi connectivity index (χ1) is 10.6. The summed E-state index contributed by atoms with van der Waals surface area (Å²) in [5.41, 5.74) is 1.34. The highest BCUT2D eigenvalue weighted by molar-refractivity contribution is 8.00. The molecule has 2 rings (SSSR count). The lowest BCUT2D eigenvalue weighted by Crippen LogP contribution is -2.48. The zero-order valence-electron chi connectivity index (χ0n) is 14.0. The largest absolute Gasteiger partial charge is 0.340 e. The number of benzene rings is 1. The highest BCUT2D eigenvalue weighted by Gasteiger charge is 2.26. The number of amides is 1. The zero-order valence-corrected chi connectivity index (χ0v) is 14.8. The Morgan fingerprint density at radius 2 is 2.09 bits per heavy atom. The predicted molar refractivity (Wildman–Crippen MR) is 95.1 cm³/mol. The molecular weight excluding hydrogens is 292 g/mol. The smallest absolute Gasteiger partial charge is 0.232 e. The highest BCUT2D eigenvalue weighted by Crippen LogP contribution is 2.19. The van der Waals surface area contributed by atoms with E-state index in [4.69, 9.17) is 0 Å². The van der Waals surface area contributed by atoms with Crippen molar-refractivity contribution in [2.75, 3.05) is 25.9 Å². The van der Waals surface area contributed by atoms with Gasteiger partial charge in [0, 0.05) is 25.7 Å². The van der Waals surface area contributed by atoms with E-state index in [0.29, 0.717) is 23.0 Å². The lowest BCUT2D eigenvalue weighted by Gasteiger charge is -2.37. The van der Waals surface area contributed by atoms with Gasteiger partial charge in [-0.3, -0.25) is 9.69 Å². The Morgan fingerprint density at radius 1 is 1.36 bits per heavy atom. The van der Waals surface area contributed by atoms with Crippen LogP contribution in [0.4, 0.5) is 0 Å². The monoisotopic (exact) mass is 320 g/mol. The van der Waals surface area contributed by atoms with Gasteiger partial charge in [0.2, 0.25) is 5.91 Å². The first kappa shape index (κ1) is 17.4. The Bertz CT molecular complexity index is 463. The molecule has 0 spiro atoms. The van der Waals surface area contributed by atoms with Crippen LogP contribution in [0, 0.1) is 0 Å². The summed E-state index contributed by atoms with van der Waals surface area (Å²) in [6, 6.07) is 11.0. The summed E-state index contributed by atoms with van der Waals surface area (Å²) in [4.78, 5) is 16.8. The molecule has 0 bridgehead atoms. The van der Waals surface area contributed by atoms with E-state index in [1.807, 2.05) is 0 Å². The number of thioether (sulfide) groups is 1. The van der Waals surface area contributed by atoms with E-state index in [0.717, 1.165) is 26.1 Å². The number of likely N-dealkylation sites (tertiary alicyclic amines) is 1. The van der Waals surface area contributed by atoms with Gasteiger partial charge in [-0.05, 0) is 30.7 Å². The SMILES string of the molecule is CC(C)SCC(=O)N1CCCC(N(C)Cc2ccccc2)C1. The van der Waals surface area contributed by atoms with Crippen LogP contribution in [0.15, 0.2) is 30.3 Å². The molecule has 1 amide bonds. The maximum atomic E-state index is 12.3. The number of nitrogens with zero attached hydrogens (tertiary/aromatic N) is 2. The predicted octanol–water partition coefficient (Wildman–Crippen LogP) is 3.25. The third-order valence-electron chi connectivity index (χ3n) is 4.19. The van der Waals surface area contributed by atoms with Crippen LogP contribution in [0.5, 0.6) is 0 Å².